The molecule has 96 valence electrons. The van der Waals surface area contributed by atoms with Crippen LogP contribution in [0.4, 0.5) is 8.78 Å². The van der Waals surface area contributed by atoms with Gasteiger partial charge in [0.25, 0.3) is 0 Å². The minimum absolute atomic E-state index is 0.0559. The minimum Gasteiger partial charge on any atom is -0.326 e. The van der Waals surface area contributed by atoms with Crippen LogP contribution in [-0.2, 0) is 16.3 Å². The highest BCUT2D eigenvalue weighted by Crippen LogP contribution is 2.14. The number of hydrogen-bond donors (Lipinski definition) is 1. The molecule has 1 aromatic rings. The zero-order valence-electron chi connectivity index (χ0n) is 9.65. The molecule has 2 N–H and O–H groups in total. The van der Waals surface area contributed by atoms with Crippen molar-refractivity contribution in [3.8, 4) is 0 Å². The van der Waals surface area contributed by atoms with Gasteiger partial charge >= 0.3 is 0 Å². The second kappa shape index (κ2) is 5.10. The maximum absolute atomic E-state index is 13.3. The zero-order chi connectivity index (χ0) is 13.2. The lowest BCUT2D eigenvalue weighted by Gasteiger charge is -2.18. The van der Waals surface area contributed by atoms with E-state index in [2.05, 4.69) is 0 Å². The largest absolute Gasteiger partial charge is 0.326 e. The van der Waals surface area contributed by atoms with E-state index in [1.54, 1.807) is 0 Å². The highest BCUT2D eigenvalue weighted by Gasteiger charge is 2.23. The third-order valence-corrected chi connectivity index (χ3v) is 4.45. The van der Waals surface area contributed by atoms with Crippen molar-refractivity contribution in [2.24, 2.45) is 5.73 Å². The summed E-state index contributed by atoms with van der Waals surface area (Å²) in [4.78, 5) is 0. The summed E-state index contributed by atoms with van der Waals surface area (Å²) in [6.07, 6.45) is 1.14. The third-order valence-electron chi connectivity index (χ3n) is 2.75. The fourth-order valence-corrected chi connectivity index (χ4v) is 2.16. The summed E-state index contributed by atoms with van der Waals surface area (Å²) in [5, 5.41) is -0.771. The first-order chi connectivity index (χ1) is 7.71. The van der Waals surface area contributed by atoms with Gasteiger partial charge in [-0.15, -0.1) is 0 Å². The van der Waals surface area contributed by atoms with Gasteiger partial charge in [0.1, 0.15) is 11.6 Å². The van der Waals surface area contributed by atoms with Gasteiger partial charge in [0, 0.05) is 18.4 Å². The average Bonchev–Trinajstić information content (AvgIpc) is 2.19. The van der Waals surface area contributed by atoms with E-state index in [4.69, 9.17) is 5.73 Å². The van der Waals surface area contributed by atoms with Crippen LogP contribution in [0.1, 0.15) is 12.5 Å². The SMILES string of the molecule is CC(C(N)Cc1ccc(F)cc1F)S(C)(=O)=O. The van der Waals surface area contributed by atoms with Gasteiger partial charge in [-0.05, 0) is 25.0 Å². The van der Waals surface area contributed by atoms with Crippen LogP contribution in [-0.4, -0.2) is 26.0 Å². The van der Waals surface area contributed by atoms with Crippen molar-refractivity contribution >= 4 is 9.84 Å². The molecule has 0 aliphatic rings. The lowest BCUT2D eigenvalue weighted by atomic mass is 10.0. The number of nitrogens with two attached hydrogens (primary N) is 1. The maximum Gasteiger partial charge on any atom is 0.151 e. The molecule has 1 rings (SSSR count). The van der Waals surface area contributed by atoms with Crippen LogP contribution in [0.2, 0.25) is 0 Å². The van der Waals surface area contributed by atoms with Crippen LogP contribution in [0.3, 0.4) is 0 Å². The highest BCUT2D eigenvalue weighted by molar-refractivity contribution is 7.91. The molecular formula is C11H15F2NO2S. The molecule has 1 aromatic carbocycles. The van der Waals surface area contributed by atoms with Crippen molar-refractivity contribution in [1.82, 2.24) is 0 Å². The van der Waals surface area contributed by atoms with E-state index in [0.29, 0.717) is 0 Å². The second-order valence-corrected chi connectivity index (χ2v) is 6.54. The maximum atomic E-state index is 13.3. The van der Waals surface area contributed by atoms with Crippen LogP contribution < -0.4 is 5.73 Å². The van der Waals surface area contributed by atoms with Crippen molar-refractivity contribution in [2.75, 3.05) is 6.26 Å². The quantitative estimate of drug-likeness (QED) is 0.890. The highest BCUT2D eigenvalue weighted by atomic mass is 32.2. The van der Waals surface area contributed by atoms with Crippen molar-refractivity contribution in [1.29, 1.82) is 0 Å². The number of sulfone groups is 1. The fraction of sp³-hybridized carbons (Fsp3) is 0.455. The lowest BCUT2D eigenvalue weighted by Crippen LogP contribution is -2.39. The van der Waals surface area contributed by atoms with Gasteiger partial charge < -0.3 is 5.73 Å². The molecule has 0 amide bonds. The Morgan fingerprint density at radius 2 is 1.94 bits per heavy atom. The molecule has 0 radical (unpaired) electrons. The fourth-order valence-electron chi connectivity index (χ4n) is 1.42. The van der Waals surface area contributed by atoms with Gasteiger partial charge in [0.05, 0.1) is 5.25 Å². The first-order valence-electron chi connectivity index (χ1n) is 5.10. The van der Waals surface area contributed by atoms with Crippen LogP contribution in [0.15, 0.2) is 18.2 Å². The Bertz CT molecular complexity index is 502. The van der Waals surface area contributed by atoms with E-state index >= 15 is 0 Å². The molecule has 0 aliphatic carbocycles. The molecule has 0 bridgehead atoms. The summed E-state index contributed by atoms with van der Waals surface area (Å²) in [5.74, 6) is -1.38. The summed E-state index contributed by atoms with van der Waals surface area (Å²) in [5.41, 5.74) is 5.92. The van der Waals surface area contributed by atoms with Gasteiger partial charge in [-0.25, -0.2) is 17.2 Å². The molecule has 0 aliphatic heterocycles. The van der Waals surface area contributed by atoms with Gasteiger partial charge in [0.15, 0.2) is 9.84 Å². The van der Waals surface area contributed by atoms with Gasteiger partial charge in [-0.3, -0.25) is 0 Å². The Morgan fingerprint density at radius 1 is 1.35 bits per heavy atom. The van der Waals surface area contributed by atoms with E-state index in [1.807, 2.05) is 0 Å². The first kappa shape index (κ1) is 14.1. The van der Waals surface area contributed by atoms with Crippen LogP contribution in [0.5, 0.6) is 0 Å². The van der Waals surface area contributed by atoms with E-state index < -0.39 is 32.8 Å². The molecular weight excluding hydrogens is 248 g/mol. The van der Waals surface area contributed by atoms with Gasteiger partial charge in [0.2, 0.25) is 0 Å². The number of halogens is 2. The molecule has 0 spiro atoms. The molecule has 0 saturated heterocycles. The zero-order valence-corrected chi connectivity index (χ0v) is 10.5. The van der Waals surface area contributed by atoms with Crippen molar-refractivity contribution in [3.63, 3.8) is 0 Å². The third kappa shape index (κ3) is 3.74. The van der Waals surface area contributed by atoms with Gasteiger partial charge in [-0.2, -0.15) is 0 Å². The van der Waals surface area contributed by atoms with Gasteiger partial charge in [-0.1, -0.05) is 6.07 Å². The predicted octanol–water partition coefficient (Wildman–Crippen LogP) is 1.27. The van der Waals surface area contributed by atoms with E-state index in [0.717, 1.165) is 18.4 Å². The summed E-state index contributed by atoms with van der Waals surface area (Å²) < 4.78 is 48.5. The molecule has 2 unspecified atom stereocenters. The van der Waals surface area contributed by atoms with E-state index in [-0.39, 0.29) is 12.0 Å². The molecule has 17 heavy (non-hydrogen) atoms. The van der Waals surface area contributed by atoms with E-state index in [9.17, 15) is 17.2 Å². The number of benzene rings is 1. The predicted molar refractivity (Wildman–Crippen MR) is 62.3 cm³/mol. The normalized spacial score (nSPS) is 15.6. The number of hydrogen-bond acceptors (Lipinski definition) is 3. The Balaban J connectivity index is 2.85. The Morgan fingerprint density at radius 3 is 2.41 bits per heavy atom. The minimum atomic E-state index is -3.26. The molecule has 6 heteroatoms. The van der Waals surface area contributed by atoms with Crippen LogP contribution in [0, 0.1) is 11.6 Å². The summed E-state index contributed by atoms with van der Waals surface area (Å²) >= 11 is 0. The monoisotopic (exact) mass is 263 g/mol. The number of rotatable bonds is 4. The smallest absolute Gasteiger partial charge is 0.151 e. The topological polar surface area (TPSA) is 60.2 Å². The second-order valence-electron chi connectivity index (χ2n) is 4.14. The molecule has 0 fully saturated rings. The van der Waals surface area contributed by atoms with Crippen molar-refractivity contribution in [3.05, 3.63) is 35.4 Å². The van der Waals surface area contributed by atoms with Crippen LogP contribution in [0.25, 0.3) is 0 Å². The lowest BCUT2D eigenvalue weighted by molar-refractivity contribution is 0.541. The standard InChI is InChI=1S/C11H15F2NO2S/c1-7(17(2,15)16)11(14)5-8-3-4-9(12)6-10(8)13/h3-4,6-7,11H,5,14H2,1-2H3. The summed E-state index contributed by atoms with van der Waals surface area (Å²) in [6, 6.07) is 2.44. The van der Waals surface area contributed by atoms with E-state index in [1.165, 1.54) is 13.0 Å². The summed E-state index contributed by atoms with van der Waals surface area (Å²) in [7, 11) is -3.26. The van der Waals surface area contributed by atoms with Crippen LogP contribution >= 0.6 is 0 Å². The molecule has 2 atom stereocenters. The molecule has 0 aromatic heterocycles. The molecule has 0 heterocycles. The molecule has 0 saturated carbocycles. The van der Waals surface area contributed by atoms with Crippen molar-refractivity contribution < 1.29 is 17.2 Å². The first-order valence-corrected chi connectivity index (χ1v) is 7.05. The molecule has 3 nitrogen and oxygen atoms in total. The average molecular weight is 263 g/mol. The Hall–Kier alpha value is -1.01. The Kier molecular flexibility index (Phi) is 4.21. The van der Waals surface area contributed by atoms with Crippen molar-refractivity contribution in [2.45, 2.75) is 24.6 Å². The summed E-state index contributed by atoms with van der Waals surface area (Å²) in [6.45, 7) is 1.47. The Labute approximate surface area is 99.6 Å².